The molecule has 1 aromatic carbocycles. The van der Waals surface area contributed by atoms with Crippen LogP contribution in [0.1, 0.15) is 31.1 Å². The number of benzene rings is 1. The topological polar surface area (TPSA) is 91.2 Å². The van der Waals surface area contributed by atoms with E-state index in [-0.39, 0.29) is 17.4 Å². The second kappa shape index (κ2) is 6.71. The average Bonchev–Trinajstić information content (AvgIpc) is 2.77. The Morgan fingerprint density at radius 3 is 2.35 bits per heavy atom. The Kier molecular flexibility index (Phi) is 4.98. The zero-order valence-electron chi connectivity index (χ0n) is 14.2. The van der Waals surface area contributed by atoms with Crippen LogP contribution < -0.4 is 15.4 Å². The van der Waals surface area contributed by atoms with E-state index in [4.69, 9.17) is 10.00 Å². The number of halogens is 3. The minimum Gasteiger partial charge on any atom is -0.491 e. The van der Waals surface area contributed by atoms with Gasteiger partial charge in [-0.25, -0.2) is 0 Å². The van der Waals surface area contributed by atoms with Crippen molar-refractivity contribution in [1.82, 2.24) is 10.6 Å². The van der Waals surface area contributed by atoms with Gasteiger partial charge in [0.2, 0.25) is 0 Å². The van der Waals surface area contributed by atoms with Crippen molar-refractivity contribution in [2.24, 2.45) is 0 Å². The molecule has 1 atom stereocenters. The summed E-state index contributed by atoms with van der Waals surface area (Å²) in [6, 6.07) is 6.77. The number of carbonyl (C=O) groups excluding carboxylic acids is 2. The van der Waals surface area contributed by atoms with Crippen molar-refractivity contribution in [2.45, 2.75) is 38.6 Å². The van der Waals surface area contributed by atoms with Crippen molar-refractivity contribution in [1.29, 1.82) is 5.26 Å². The third-order valence-electron chi connectivity index (χ3n) is 3.72. The van der Waals surface area contributed by atoms with Gasteiger partial charge in [0, 0.05) is 11.3 Å². The fraction of sp³-hybridized carbons (Fsp3) is 0.353. The van der Waals surface area contributed by atoms with Crippen molar-refractivity contribution in [3.05, 3.63) is 41.1 Å². The van der Waals surface area contributed by atoms with Gasteiger partial charge >= 0.3 is 6.18 Å². The molecule has 1 aliphatic rings. The van der Waals surface area contributed by atoms with E-state index in [2.05, 4.69) is 0 Å². The van der Waals surface area contributed by atoms with Crippen LogP contribution in [0, 0.1) is 11.3 Å². The van der Waals surface area contributed by atoms with Gasteiger partial charge in [-0.2, -0.15) is 18.4 Å². The van der Waals surface area contributed by atoms with Gasteiger partial charge in [0.1, 0.15) is 5.75 Å². The van der Waals surface area contributed by atoms with Crippen LogP contribution in [0.25, 0.3) is 0 Å². The molecule has 0 fully saturated rings. The molecule has 138 valence electrons. The van der Waals surface area contributed by atoms with Crippen molar-refractivity contribution >= 4 is 11.8 Å². The molecule has 0 radical (unpaired) electrons. The molecular weight excluding hydrogens is 351 g/mol. The predicted octanol–water partition coefficient (Wildman–Crippen LogP) is 2.43. The van der Waals surface area contributed by atoms with E-state index in [0.717, 1.165) is 6.92 Å². The second-order valence-corrected chi connectivity index (χ2v) is 5.96. The largest absolute Gasteiger partial charge is 0.491 e. The van der Waals surface area contributed by atoms with Gasteiger partial charge < -0.3 is 15.4 Å². The predicted molar refractivity (Wildman–Crippen MR) is 84.9 cm³/mol. The zero-order chi connectivity index (χ0) is 19.7. The lowest BCUT2D eigenvalue weighted by Gasteiger charge is -2.30. The Hall–Kier alpha value is -3.02. The van der Waals surface area contributed by atoms with Crippen LogP contribution >= 0.6 is 0 Å². The molecule has 2 N–H and O–H groups in total. The van der Waals surface area contributed by atoms with Crippen molar-refractivity contribution in [3.63, 3.8) is 0 Å². The number of ether oxygens (including phenoxy) is 1. The van der Waals surface area contributed by atoms with Gasteiger partial charge in [0.05, 0.1) is 17.7 Å². The molecule has 0 saturated heterocycles. The summed E-state index contributed by atoms with van der Waals surface area (Å²) >= 11 is 0. The first-order chi connectivity index (χ1) is 12.0. The highest BCUT2D eigenvalue weighted by Crippen LogP contribution is 2.40. The third-order valence-corrected chi connectivity index (χ3v) is 3.72. The van der Waals surface area contributed by atoms with Crippen molar-refractivity contribution < 1.29 is 27.5 Å². The maximum Gasteiger partial charge on any atom is 0.425 e. The molecule has 0 unspecified atom stereocenters. The zero-order valence-corrected chi connectivity index (χ0v) is 14.2. The molecule has 1 heterocycles. The number of hydrogen-bond acceptors (Lipinski definition) is 4. The first-order valence-corrected chi connectivity index (χ1v) is 7.61. The maximum absolute atomic E-state index is 13.7. The number of amides is 2. The number of allylic oxidation sites excluding steroid dienone is 1. The van der Waals surface area contributed by atoms with E-state index >= 15 is 0 Å². The summed E-state index contributed by atoms with van der Waals surface area (Å²) < 4.78 is 46.4. The van der Waals surface area contributed by atoms with Gasteiger partial charge in [-0.1, -0.05) is 0 Å². The molecule has 6 nitrogen and oxygen atoms in total. The van der Waals surface area contributed by atoms with Crippen LogP contribution in [-0.4, -0.2) is 29.6 Å². The minimum atomic E-state index is -5.20. The van der Waals surface area contributed by atoms with E-state index in [0.29, 0.717) is 5.75 Å². The highest BCUT2D eigenvalue weighted by Gasteiger charge is 2.67. The first-order valence-electron chi connectivity index (χ1n) is 7.61. The summed E-state index contributed by atoms with van der Waals surface area (Å²) in [5.41, 5.74) is -4.67. The molecule has 0 aliphatic carbocycles. The van der Waals surface area contributed by atoms with E-state index in [9.17, 15) is 22.8 Å². The standard InChI is InChI=1S/C17H16F3N3O3/c1-9(2)26-12-6-4-11(5-7-12)14(24)23-16(17(18,19)20)13(8-21)10(3)22-15(16)25/h4-7,9H,1-3H3,(H,22,25)(H,23,24)/t16-/m1/s1. The summed E-state index contributed by atoms with van der Waals surface area (Å²) in [7, 11) is 0. The van der Waals surface area contributed by atoms with E-state index < -0.39 is 29.1 Å². The maximum atomic E-state index is 13.7. The number of nitrogens with zero attached hydrogens (tertiary/aromatic N) is 1. The highest BCUT2D eigenvalue weighted by atomic mass is 19.4. The van der Waals surface area contributed by atoms with Crippen LogP contribution in [0.15, 0.2) is 35.5 Å². The summed E-state index contributed by atoms with van der Waals surface area (Å²) in [5.74, 6) is -2.22. The molecule has 2 amide bonds. The van der Waals surface area contributed by atoms with Crippen molar-refractivity contribution in [3.8, 4) is 11.8 Å². The SMILES string of the molecule is CC1=C(C#N)[C@](NC(=O)c2ccc(OC(C)C)cc2)(C(F)(F)F)C(=O)N1. The number of rotatable bonds is 4. The molecule has 1 aromatic rings. The van der Waals surface area contributed by atoms with E-state index in [1.54, 1.807) is 19.2 Å². The highest BCUT2D eigenvalue weighted by molar-refractivity contribution is 6.04. The van der Waals surface area contributed by atoms with Gasteiger partial charge in [0.15, 0.2) is 0 Å². The number of nitrogens with one attached hydrogen (secondary N) is 2. The molecule has 1 aliphatic heterocycles. The lowest BCUT2D eigenvalue weighted by molar-refractivity contribution is -0.184. The number of carbonyl (C=O) groups is 2. The van der Waals surface area contributed by atoms with Crippen molar-refractivity contribution in [2.75, 3.05) is 0 Å². The van der Waals surface area contributed by atoms with E-state index in [1.165, 1.54) is 30.3 Å². The fourth-order valence-corrected chi connectivity index (χ4v) is 2.55. The van der Waals surface area contributed by atoms with Crippen LogP contribution in [0.4, 0.5) is 13.2 Å². The summed E-state index contributed by atoms with van der Waals surface area (Å²) in [4.78, 5) is 24.3. The number of alkyl halides is 3. The molecule has 2 rings (SSSR count). The first kappa shape index (κ1) is 19.3. The van der Waals surface area contributed by atoms with Crippen LogP contribution in [0.2, 0.25) is 0 Å². The Morgan fingerprint density at radius 1 is 1.31 bits per heavy atom. The molecule has 0 aromatic heterocycles. The van der Waals surface area contributed by atoms with E-state index in [1.807, 2.05) is 5.32 Å². The van der Waals surface area contributed by atoms with Gasteiger partial charge in [-0.05, 0) is 45.0 Å². The Balaban J connectivity index is 2.38. The summed E-state index contributed by atoms with van der Waals surface area (Å²) in [6.45, 7) is 4.75. The van der Waals surface area contributed by atoms with Crippen LogP contribution in [0.5, 0.6) is 5.75 Å². The molecule has 26 heavy (non-hydrogen) atoms. The molecule has 0 bridgehead atoms. The smallest absolute Gasteiger partial charge is 0.425 e. The fourth-order valence-electron chi connectivity index (χ4n) is 2.55. The van der Waals surface area contributed by atoms with Gasteiger partial charge in [-0.15, -0.1) is 0 Å². The Labute approximate surface area is 147 Å². The Morgan fingerprint density at radius 2 is 1.88 bits per heavy atom. The number of hydrogen-bond donors (Lipinski definition) is 2. The normalized spacial score (nSPS) is 20.0. The summed E-state index contributed by atoms with van der Waals surface area (Å²) in [5, 5.41) is 12.7. The average molecular weight is 367 g/mol. The van der Waals surface area contributed by atoms with Gasteiger partial charge in [-0.3, -0.25) is 9.59 Å². The lowest BCUT2D eigenvalue weighted by Crippen LogP contribution is -2.64. The lowest BCUT2D eigenvalue weighted by atomic mass is 9.90. The van der Waals surface area contributed by atoms with Gasteiger partial charge in [0.25, 0.3) is 17.4 Å². The molecule has 0 spiro atoms. The minimum absolute atomic E-state index is 0.112. The molecular formula is C17H16F3N3O3. The third kappa shape index (κ3) is 3.22. The Bertz CT molecular complexity index is 807. The second-order valence-electron chi connectivity index (χ2n) is 5.96. The van der Waals surface area contributed by atoms with Crippen LogP contribution in [0.3, 0.4) is 0 Å². The quantitative estimate of drug-likeness (QED) is 0.855. The monoisotopic (exact) mass is 367 g/mol. The molecule has 9 heteroatoms. The van der Waals surface area contributed by atoms with Crippen LogP contribution in [-0.2, 0) is 4.79 Å². The summed E-state index contributed by atoms with van der Waals surface area (Å²) in [6.07, 6.45) is -5.31. The number of nitriles is 1. The molecule has 0 saturated carbocycles.